The van der Waals surface area contributed by atoms with E-state index in [1.807, 2.05) is 0 Å². The van der Waals surface area contributed by atoms with Crippen LogP contribution in [0.25, 0.3) is 0 Å². The van der Waals surface area contributed by atoms with E-state index in [2.05, 4.69) is 10.1 Å². The van der Waals surface area contributed by atoms with E-state index in [0.717, 1.165) is 0 Å². The van der Waals surface area contributed by atoms with Gasteiger partial charge in [-0.3, -0.25) is 14.4 Å². The van der Waals surface area contributed by atoms with Gasteiger partial charge in [-0.05, 0) is 0 Å². The first-order chi connectivity index (χ1) is 12.5. The number of carbonyl (C=O) groups excluding carboxylic acids is 3. The fourth-order valence-corrected chi connectivity index (χ4v) is 2.75. The molecule has 1 aromatic carbocycles. The zero-order valence-electron chi connectivity index (χ0n) is 15.2. The number of benzene rings is 1. The smallest absolute Gasteiger partial charge is 0.308 e. The predicted octanol–water partition coefficient (Wildman–Crippen LogP) is 0.216. The zero-order chi connectivity index (χ0) is 19.3. The minimum absolute atomic E-state index is 0.203. The highest BCUT2D eigenvalue weighted by molar-refractivity contribution is 6.01. The van der Waals surface area contributed by atoms with Crippen molar-refractivity contribution in [3.63, 3.8) is 0 Å². The molecule has 0 aliphatic carbocycles. The maximum absolute atomic E-state index is 13.1. The van der Waals surface area contributed by atoms with Gasteiger partial charge in [0, 0.05) is 25.2 Å². The van der Waals surface area contributed by atoms with E-state index in [-0.39, 0.29) is 30.8 Å². The van der Waals surface area contributed by atoms with Crippen LogP contribution < -0.4 is 19.5 Å². The molecule has 0 unspecified atom stereocenters. The van der Waals surface area contributed by atoms with Crippen LogP contribution in [0.15, 0.2) is 12.1 Å². The number of hydrogen-bond acceptors (Lipinski definition) is 7. The Kier molecular flexibility index (Phi) is 6.26. The molecule has 0 bridgehead atoms. The number of ether oxygens (including phenoxy) is 4. The van der Waals surface area contributed by atoms with E-state index in [1.54, 1.807) is 0 Å². The molecular weight excluding hydrogens is 344 g/mol. The molecule has 1 atom stereocenters. The summed E-state index contributed by atoms with van der Waals surface area (Å²) in [6, 6.07) is 2.06. The van der Waals surface area contributed by atoms with Gasteiger partial charge in [-0.15, -0.1) is 0 Å². The lowest BCUT2D eigenvalue weighted by atomic mass is 10.1. The molecule has 1 aromatic rings. The SMILES string of the molecule is COC(=O)C[C@@H]1C(=O)NCCN1C(=O)c1cc(OC)c(OC)cc1OC. The number of nitrogens with one attached hydrogen (secondary N) is 1. The van der Waals surface area contributed by atoms with Gasteiger partial charge < -0.3 is 29.2 Å². The average Bonchev–Trinajstić information content (AvgIpc) is 2.67. The Bertz CT molecular complexity index is 705. The monoisotopic (exact) mass is 366 g/mol. The summed E-state index contributed by atoms with van der Waals surface area (Å²) in [5.74, 6) is -0.411. The van der Waals surface area contributed by atoms with Crippen molar-refractivity contribution in [3.8, 4) is 17.2 Å². The van der Waals surface area contributed by atoms with E-state index < -0.39 is 23.8 Å². The summed E-state index contributed by atoms with van der Waals surface area (Å²) in [5.41, 5.74) is 0.203. The minimum Gasteiger partial charge on any atom is -0.496 e. The van der Waals surface area contributed by atoms with Gasteiger partial charge in [0.05, 0.1) is 40.4 Å². The van der Waals surface area contributed by atoms with E-state index in [9.17, 15) is 14.4 Å². The van der Waals surface area contributed by atoms with Gasteiger partial charge in [0.25, 0.3) is 5.91 Å². The van der Waals surface area contributed by atoms with Crippen molar-refractivity contribution in [1.29, 1.82) is 0 Å². The molecule has 1 heterocycles. The maximum atomic E-state index is 13.1. The Labute approximate surface area is 151 Å². The first-order valence-electron chi connectivity index (χ1n) is 7.92. The Hall–Kier alpha value is -2.97. The highest BCUT2D eigenvalue weighted by atomic mass is 16.5. The van der Waals surface area contributed by atoms with Gasteiger partial charge in [-0.1, -0.05) is 0 Å². The van der Waals surface area contributed by atoms with Gasteiger partial charge in [0.1, 0.15) is 11.8 Å². The number of nitrogens with zero attached hydrogens (tertiary/aromatic N) is 1. The maximum Gasteiger partial charge on any atom is 0.308 e. The molecule has 1 aliphatic rings. The second kappa shape index (κ2) is 8.41. The Morgan fingerprint density at radius 3 is 2.27 bits per heavy atom. The molecule has 1 saturated heterocycles. The van der Waals surface area contributed by atoms with Crippen LogP contribution in [0, 0.1) is 0 Å². The lowest BCUT2D eigenvalue weighted by Gasteiger charge is -2.34. The standard InChI is InChI=1S/C17H22N2O7/c1-23-12-9-14(25-3)13(24-2)7-10(12)17(22)19-6-5-18-16(21)11(19)8-15(20)26-4/h7,9,11H,5-6,8H2,1-4H3,(H,18,21)/t11-/m1/s1. The van der Waals surface area contributed by atoms with E-state index >= 15 is 0 Å². The van der Waals surface area contributed by atoms with Crippen LogP contribution in [0.5, 0.6) is 17.2 Å². The van der Waals surface area contributed by atoms with Crippen LogP contribution in [-0.2, 0) is 14.3 Å². The van der Waals surface area contributed by atoms with Crippen LogP contribution in [0.3, 0.4) is 0 Å². The molecule has 2 rings (SSSR count). The molecule has 1 N–H and O–H groups in total. The summed E-state index contributed by atoms with van der Waals surface area (Å²) in [6.07, 6.45) is -0.232. The fourth-order valence-electron chi connectivity index (χ4n) is 2.75. The highest BCUT2D eigenvalue weighted by Gasteiger charge is 2.36. The number of amides is 2. The van der Waals surface area contributed by atoms with Crippen molar-refractivity contribution in [2.75, 3.05) is 41.5 Å². The number of rotatable bonds is 6. The van der Waals surface area contributed by atoms with Crippen molar-refractivity contribution < 1.29 is 33.3 Å². The molecule has 9 nitrogen and oxygen atoms in total. The van der Waals surface area contributed by atoms with Crippen molar-refractivity contribution in [3.05, 3.63) is 17.7 Å². The van der Waals surface area contributed by atoms with Crippen molar-refractivity contribution in [2.45, 2.75) is 12.5 Å². The Morgan fingerprint density at radius 1 is 1.08 bits per heavy atom. The topological polar surface area (TPSA) is 103 Å². The molecule has 26 heavy (non-hydrogen) atoms. The Morgan fingerprint density at radius 2 is 1.69 bits per heavy atom. The number of hydrogen-bond donors (Lipinski definition) is 1. The minimum atomic E-state index is -0.957. The molecule has 0 saturated carbocycles. The molecule has 1 aliphatic heterocycles. The summed E-state index contributed by atoms with van der Waals surface area (Å²) < 4.78 is 20.4. The summed E-state index contributed by atoms with van der Waals surface area (Å²) in [6.45, 7) is 0.543. The average molecular weight is 366 g/mol. The molecule has 9 heteroatoms. The second-order valence-corrected chi connectivity index (χ2v) is 5.49. The number of piperazine rings is 1. The van der Waals surface area contributed by atoms with Crippen molar-refractivity contribution >= 4 is 17.8 Å². The van der Waals surface area contributed by atoms with E-state index in [4.69, 9.17) is 14.2 Å². The summed E-state index contributed by atoms with van der Waals surface area (Å²) in [5, 5.41) is 2.65. The van der Waals surface area contributed by atoms with Crippen LogP contribution in [0.1, 0.15) is 16.8 Å². The van der Waals surface area contributed by atoms with E-state index in [1.165, 1.54) is 45.5 Å². The lowest BCUT2D eigenvalue weighted by molar-refractivity contribution is -0.145. The van der Waals surface area contributed by atoms with Gasteiger partial charge in [0.15, 0.2) is 11.5 Å². The van der Waals surface area contributed by atoms with Crippen LogP contribution in [0.4, 0.5) is 0 Å². The molecule has 0 aromatic heterocycles. The van der Waals surface area contributed by atoms with Gasteiger partial charge >= 0.3 is 5.97 Å². The Balaban J connectivity index is 2.41. The second-order valence-electron chi connectivity index (χ2n) is 5.49. The van der Waals surface area contributed by atoms with Gasteiger partial charge in [-0.25, -0.2) is 0 Å². The van der Waals surface area contributed by atoms with Crippen LogP contribution in [-0.4, -0.2) is 70.3 Å². The third-order valence-corrected chi connectivity index (χ3v) is 4.12. The third kappa shape index (κ3) is 3.81. The van der Waals surface area contributed by atoms with Crippen molar-refractivity contribution in [1.82, 2.24) is 10.2 Å². The molecule has 0 radical (unpaired) electrons. The third-order valence-electron chi connectivity index (χ3n) is 4.12. The van der Waals surface area contributed by atoms with Crippen LogP contribution in [0.2, 0.25) is 0 Å². The first kappa shape index (κ1) is 19.4. The number of methoxy groups -OCH3 is 4. The molecular formula is C17H22N2O7. The van der Waals surface area contributed by atoms with Crippen molar-refractivity contribution in [2.24, 2.45) is 0 Å². The highest BCUT2D eigenvalue weighted by Crippen LogP contribution is 2.35. The van der Waals surface area contributed by atoms with Gasteiger partial charge in [-0.2, -0.15) is 0 Å². The zero-order valence-corrected chi connectivity index (χ0v) is 15.2. The number of carbonyl (C=O) groups is 3. The summed E-state index contributed by atoms with van der Waals surface area (Å²) >= 11 is 0. The van der Waals surface area contributed by atoms with Crippen LogP contribution >= 0.6 is 0 Å². The summed E-state index contributed by atoms with van der Waals surface area (Å²) in [7, 11) is 5.58. The molecule has 0 spiro atoms. The number of esters is 1. The summed E-state index contributed by atoms with van der Waals surface area (Å²) in [4.78, 5) is 38.2. The lowest BCUT2D eigenvalue weighted by Crippen LogP contribution is -2.57. The first-order valence-corrected chi connectivity index (χ1v) is 7.92. The fraction of sp³-hybridized carbons (Fsp3) is 0.471. The largest absolute Gasteiger partial charge is 0.496 e. The van der Waals surface area contributed by atoms with Gasteiger partial charge in [0.2, 0.25) is 5.91 Å². The normalized spacial score (nSPS) is 16.5. The molecule has 142 valence electrons. The molecule has 1 fully saturated rings. The predicted molar refractivity (Wildman–Crippen MR) is 90.6 cm³/mol. The molecule has 2 amide bonds. The van der Waals surface area contributed by atoms with E-state index in [0.29, 0.717) is 11.5 Å². The quantitative estimate of drug-likeness (QED) is 0.718.